The molecular formula is C19H24N2O3. The molecule has 1 atom stereocenters. The normalized spacial score (nSPS) is 11.9. The van der Waals surface area contributed by atoms with Crippen molar-refractivity contribution in [3.8, 4) is 0 Å². The number of esters is 1. The van der Waals surface area contributed by atoms with Gasteiger partial charge >= 0.3 is 5.97 Å². The maximum absolute atomic E-state index is 12.4. The number of amides is 1. The lowest BCUT2D eigenvalue weighted by Crippen LogP contribution is -2.41. The van der Waals surface area contributed by atoms with Crippen LogP contribution in [0, 0.1) is 0 Å². The van der Waals surface area contributed by atoms with Crippen LogP contribution < -0.4 is 5.32 Å². The average Bonchev–Trinajstić information content (AvgIpc) is 2.63. The smallest absolute Gasteiger partial charge is 0.328 e. The first-order valence-electron chi connectivity index (χ1n) is 8.39. The summed E-state index contributed by atoms with van der Waals surface area (Å²) in [5.41, 5.74) is 1.27. The second kappa shape index (κ2) is 9.01. The van der Waals surface area contributed by atoms with Gasteiger partial charge in [0.2, 0.25) is 0 Å². The Labute approximate surface area is 142 Å². The third-order valence-electron chi connectivity index (χ3n) is 3.99. The topological polar surface area (TPSA) is 68.3 Å². The fourth-order valence-electron chi connectivity index (χ4n) is 2.60. The zero-order chi connectivity index (χ0) is 17.4. The lowest BCUT2D eigenvalue weighted by atomic mass is 10.1. The Morgan fingerprint density at radius 3 is 2.75 bits per heavy atom. The molecule has 0 aliphatic rings. The van der Waals surface area contributed by atoms with Crippen molar-refractivity contribution in [1.29, 1.82) is 0 Å². The molecule has 5 heteroatoms. The van der Waals surface area contributed by atoms with Gasteiger partial charge in [0, 0.05) is 11.6 Å². The quantitative estimate of drug-likeness (QED) is 0.595. The highest BCUT2D eigenvalue weighted by Gasteiger charge is 2.21. The monoisotopic (exact) mass is 328 g/mol. The number of rotatable bonds is 8. The first-order chi connectivity index (χ1) is 11.7. The van der Waals surface area contributed by atoms with Crippen LogP contribution in [0.15, 0.2) is 36.5 Å². The molecule has 1 amide bonds. The number of nitrogens with zero attached hydrogens (tertiary/aromatic N) is 1. The van der Waals surface area contributed by atoms with Crippen LogP contribution in [0.3, 0.4) is 0 Å². The highest BCUT2D eigenvalue weighted by Crippen LogP contribution is 2.13. The van der Waals surface area contributed by atoms with Crippen molar-refractivity contribution >= 4 is 22.8 Å². The minimum Gasteiger partial charge on any atom is -0.467 e. The molecule has 0 saturated heterocycles. The summed E-state index contributed by atoms with van der Waals surface area (Å²) in [4.78, 5) is 28.6. The molecule has 2 rings (SSSR count). The minimum absolute atomic E-state index is 0.306. The van der Waals surface area contributed by atoms with Gasteiger partial charge in [-0.2, -0.15) is 0 Å². The number of pyridine rings is 1. The largest absolute Gasteiger partial charge is 0.467 e. The third-order valence-corrected chi connectivity index (χ3v) is 3.99. The van der Waals surface area contributed by atoms with Gasteiger partial charge in [-0.25, -0.2) is 4.79 Å². The molecule has 0 radical (unpaired) electrons. The van der Waals surface area contributed by atoms with Crippen molar-refractivity contribution in [3.63, 3.8) is 0 Å². The fraction of sp³-hybridized carbons (Fsp3) is 0.421. The third kappa shape index (κ3) is 4.78. The number of ether oxygens (including phenoxy) is 1. The van der Waals surface area contributed by atoms with Crippen molar-refractivity contribution in [3.05, 3.63) is 42.1 Å². The van der Waals surface area contributed by atoms with Crippen LogP contribution in [0.25, 0.3) is 10.9 Å². The summed E-state index contributed by atoms with van der Waals surface area (Å²) in [6.07, 6.45) is 6.28. The Morgan fingerprint density at radius 1 is 1.21 bits per heavy atom. The van der Waals surface area contributed by atoms with Crippen molar-refractivity contribution < 1.29 is 14.3 Å². The van der Waals surface area contributed by atoms with Crippen LogP contribution in [0.1, 0.15) is 49.4 Å². The minimum atomic E-state index is -0.620. The summed E-state index contributed by atoms with van der Waals surface area (Å²) in [5.74, 6) is -0.715. The van der Waals surface area contributed by atoms with E-state index in [-0.39, 0.29) is 5.91 Å². The molecule has 0 unspecified atom stereocenters. The Hall–Kier alpha value is -2.43. The molecule has 1 aromatic carbocycles. The Kier molecular flexibility index (Phi) is 6.73. The molecule has 128 valence electrons. The summed E-state index contributed by atoms with van der Waals surface area (Å²) in [6.45, 7) is 2.13. The van der Waals surface area contributed by atoms with Crippen molar-refractivity contribution in [2.75, 3.05) is 7.11 Å². The van der Waals surface area contributed by atoms with E-state index in [1.807, 2.05) is 24.3 Å². The second-order valence-electron chi connectivity index (χ2n) is 5.82. The van der Waals surface area contributed by atoms with Gasteiger partial charge in [-0.05, 0) is 18.6 Å². The number of nitrogens with one attached hydrogen (secondary N) is 1. The molecule has 0 spiro atoms. The van der Waals surface area contributed by atoms with Gasteiger partial charge in [0.25, 0.3) is 5.91 Å². The zero-order valence-electron chi connectivity index (χ0n) is 14.2. The average molecular weight is 328 g/mol. The van der Waals surface area contributed by atoms with Gasteiger partial charge in [-0.3, -0.25) is 9.78 Å². The number of carbonyl (C=O) groups excluding carboxylic acids is 2. The van der Waals surface area contributed by atoms with E-state index in [4.69, 9.17) is 4.74 Å². The number of methoxy groups -OCH3 is 1. The predicted octanol–water partition coefficient (Wildman–Crippen LogP) is 3.48. The number of hydrogen-bond acceptors (Lipinski definition) is 4. The van der Waals surface area contributed by atoms with Crippen molar-refractivity contribution in [1.82, 2.24) is 10.3 Å². The maximum atomic E-state index is 12.4. The first-order valence-corrected chi connectivity index (χ1v) is 8.39. The Balaban J connectivity index is 2.05. The number of fused-ring (bicyclic) bond motifs is 1. The maximum Gasteiger partial charge on any atom is 0.328 e. The van der Waals surface area contributed by atoms with E-state index in [1.54, 1.807) is 6.07 Å². The second-order valence-corrected chi connectivity index (χ2v) is 5.82. The molecule has 0 fully saturated rings. The predicted molar refractivity (Wildman–Crippen MR) is 93.8 cm³/mol. The van der Waals surface area contributed by atoms with Crippen LogP contribution in [-0.4, -0.2) is 30.0 Å². The van der Waals surface area contributed by atoms with Crippen molar-refractivity contribution in [2.24, 2.45) is 0 Å². The number of para-hydroxylation sites is 1. The van der Waals surface area contributed by atoms with E-state index < -0.39 is 12.0 Å². The van der Waals surface area contributed by atoms with E-state index >= 15 is 0 Å². The van der Waals surface area contributed by atoms with Crippen LogP contribution >= 0.6 is 0 Å². The summed E-state index contributed by atoms with van der Waals surface area (Å²) < 4.78 is 4.81. The van der Waals surface area contributed by atoms with Crippen LogP contribution in [0.2, 0.25) is 0 Å². The summed E-state index contributed by atoms with van der Waals surface area (Å²) in [5, 5.41) is 3.66. The lowest BCUT2D eigenvalue weighted by molar-refractivity contribution is -0.143. The molecular weight excluding hydrogens is 304 g/mol. The summed E-state index contributed by atoms with van der Waals surface area (Å²) >= 11 is 0. The van der Waals surface area contributed by atoms with E-state index in [2.05, 4.69) is 17.2 Å². The number of hydrogen-bond donors (Lipinski definition) is 1. The number of benzene rings is 1. The molecule has 0 aliphatic carbocycles. The SMILES string of the molecule is CCCCCC[C@@H](NC(=O)c1cnc2ccccc2c1)C(=O)OC. The molecule has 1 N–H and O–H groups in total. The molecule has 0 aliphatic heterocycles. The molecule has 5 nitrogen and oxygen atoms in total. The molecule has 1 heterocycles. The fourth-order valence-corrected chi connectivity index (χ4v) is 2.60. The van der Waals surface area contributed by atoms with E-state index in [1.165, 1.54) is 13.3 Å². The molecule has 24 heavy (non-hydrogen) atoms. The molecule has 2 aromatic rings. The van der Waals surface area contributed by atoms with Crippen LogP contribution in [0.4, 0.5) is 0 Å². The Morgan fingerprint density at radius 2 is 2.00 bits per heavy atom. The van der Waals surface area contributed by atoms with E-state index in [9.17, 15) is 9.59 Å². The van der Waals surface area contributed by atoms with Gasteiger partial charge in [0.1, 0.15) is 6.04 Å². The van der Waals surface area contributed by atoms with Gasteiger partial charge in [0.05, 0.1) is 18.2 Å². The van der Waals surface area contributed by atoms with Gasteiger partial charge in [0.15, 0.2) is 0 Å². The standard InChI is InChI=1S/C19H24N2O3/c1-3-4-5-6-11-17(19(23)24-2)21-18(22)15-12-14-9-7-8-10-16(14)20-13-15/h7-10,12-13,17H,3-6,11H2,1-2H3,(H,21,22)/t17-/m1/s1. The van der Waals surface area contributed by atoms with Gasteiger partial charge in [-0.15, -0.1) is 0 Å². The molecule has 1 aromatic heterocycles. The van der Waals surface area contributed by atoms with Crippen molar-refractivity contribution in [2.45, 2.75) is 45.1 Å². The zero-order valence-corrected chi connectivity index (χ0v) is 14.2. The highest BCUT2D eigenvalue weighted by molar-refractivity contribution is 5.99. The number of unbranched alkanes of at least 4 members (excludes halogenated alkanes) is 3. The van der Waals surface area contributed by atoms with Gasteiger partial charge < -0.3 is 10.1 Å². The summed E-state index contributed by atoms with van der Waals surface area (Å²) in [6, 6.07) is 8.76. The summed E-state index contributed by atoms with van der Waals surface area (Å²) in [7, 11) is 1.34. The first kappa shape index (κ1) is 17.9. The van der Waals surface area contributed by atoms with Gasteiger partial charge in [-0.1, -0.05) is 50.8 Å². The number of carbonyl (C=O) groups is 2. The highest BCUT2D eigenvalue weighted by atomic mass is 16.5. The van der Waals surface area contributed by atoms with Crippen LogP contribution in [0.5, 0.6) is 0 Å². The van der Waals surface area contributed by atoms with E-state index in [0.29, 0.717) is 12.0 Å². The number of aromatic nitrogens is 1. The molecule has 0 bridgehead atoms. The van der Waals surface area contributed by atoms with E-state index in [0.717, 1.165) is 36.6 Å². The molecule has 0 saturated carbocycles. The Bertz CT molecular complexity index is 700. The lowest BCUT2D eigenvalue weighted by Gasteiger charge is -2.16. The van der Waals surface area contributed by atoms with Crippen LogP contribution in [-0.2, 0) is 9.53 Å².